The number of hydrogen-bond acceptors (Lipinski definition) is 6. The molecule has 0 radical (unpaired) electrons. The lowest BCUT2D eigenvalue weighted by Crippen LogP contribution is -2.58. The SMILES string of the molecule is C=CC1(C)C(OC(=O)CSc2ccccc2NC(=O)c2ccccc2F)C2(C)C(C)CC[C@]3(CCC(=O)C23)C(C)[C@@H]1O. The predicted octanol–water partition coefficient (Wildman–Crippen LogP) is 6.69. The Kier molecular flexibility index (Phi) is 8.18. The van der Waals surface area contributed by atoms with Gasteiger partial charge in [-0.2, -0.15) is 0 Å². The molecule has 6 unspecified atom stereocenters. The van der Waals surface area contributed by atoms with E-state index in [0.29, 0.717) is 17.0 Å². The van der Waals surface area contributed by atoms with Crippen LogP contribution in [0.2, 0.25) is 0 Å². The molecule has 8 heteroatoms. The molecule has 0 spiro atoms. The fourth-order valence-electron chi connectivity index (χ4n) is 8.40. The molecule has 3 aliphatic rings. The van der Waals surface area contributed by atoms with Crippen LogP contribution in [0.3, 0.4) is 0 Å². The van der Waals surface area contributed by atoms with Crippen LogP contribution < -0.4 is 5.32 Å². The highest BCUT2D eigenvalue weighted by Crippen LogP contribution is 2.70. The number of aliphatic hydroxyl groups is 1. The first-order valence-electron chi connectivity index (χ1n) is 14.7. The van der Waals surface area contributed by atoms with E-state index in [1.807, 2.05) is 13.8 Å². The molecule has 8 atom stereocenters. The normalized spacial score (nSPS) is 35.6. The summed E-state index contributed by atoms with van der Waals surface area (Å²) in [5, 5.41) is 14.6. The van der Waals surface area contributed by atoms with E-state index in [1.54, 1.807) is 36.4 Å². The maximum Gasteiger partial charge on any atom is 0.316 e. The zero-order valence-corrected chi connectivity index (χ0v) is 25.5. The number of halogens is 1. The fourth-order valence-corrected chi connectivity index (χ4v) is 9.19. The third-order valence-corrected chi connectivity index (χ3v) is 11.9. The van der Waals surface area contributed by atoms with Gasteiger partial charge in [-0.1, -0.05) is 58.0 Å². The lowest BCUT2D eigenvalue weighted by atomic mass is 9.49. The van der Waals surface area contributed by atoms with Gasteiger partial charge in [0.05, 0.1) is 23.1 Å². The molecule has 1 amide bonds. The Hall–Kier alpha value is -2.97. The summed E-state index contributed by atoms with van der Waals surface area (Å²) in [5.74, 6) is -1.92. The van der Waals surface area contributed by atoms with Crippen LogP contribution in [0.4, 0.5) is 10.1 Å². The first-order chi connectivity index (χ1) is 19.9. The molecule has 2 aromatic rings. The van der Waals surface area contributed by atoms with Crippen LogP contribution in [0.1, 0.15) is 63.7 Å². The Bertz CT molecular complexity index is 1410. The number of carbonyl (C=O) groups is 3. The molecule has 2 aromatic carbocycles. The van der Waals surface area contributed by atoms with Gasteiger partial charge in [0.2, 0.25) is 0 Å². The number of hydrogen-bond donors (Lipinski definition) is 2. The molecule has 5 rings (SSSR count). The van der Waals surface area contributed by atoms with E-state index in [2.05, 4.69) is 25.7 Å². The summed E-state index contributed by atoms with van der Waals surface area (Å²) in [6, 6.07) is 12.8. The van der Waals surface area contributed by atoms with Gasteiger partial charge in [-0.25, -0.2) is 4.39 Å². The molecule has 42 heavy (non-hydrogen) atoms. The van der Waals surface area contributed by atoms with Crippen molar-refractivity contribution in [2.45, 2.75) is 70.5 Å². The number of esters is 1. The minimum absolute atomic E-state index is 0.0594. The predicted molar refractivity (Wildman–Crippen MR) is 162 cm³/mol. The van der Waals surface area contributed by atoms with Gasteiger partial charge in [-0.05, 0) is 60.8 Å². The Labute approximate surface area is 251 Å². The minimum Gasteiger partial charge on any atom is -0.460 e. The van der Waals surface area contributed by atoms with Gasteiger partial charge in [0, 0.05) is 28.1 Å². The molecule has 2 N–H and O–H groups in total. The van der Waals surface area contributed by atoms with Crippen molar-refractivity contribution < 1.29 is 28.6 Å². The highest BCUT2D eigenvalue weighted by Gasteiger charge is 2.71. The summed E-state index contributed by atoms with van der Waals surface area (Å²) in [7, 11) is 0. The lowest BCUT2D eigenvalue weighted by Gasteiger charge is -2.56. The quantitative estimate of drug-likeness (QED) is 0.211. The second-order valence-electron chi connectivity index (χ2n) is 12.8. The Balaban J connectivity index is 1.40. The summed E-state index contributed by atoms with van der Waals surface area (Å²) in [5.41, 5.74) is -1.59. The number of nitrogens with one attached hydrogen (secondary N) is 1. The monoisotopic (exact) mass is 593 g/mol. The number of anilines is 1. The zero-order valence-electron chi connectivity index (χ0n) is 24.7. The number of para-hydroxylation sites is 1. The van der Waals surface area contributed by atoms with Crippen LogP contribution in [-0.4, -0.2) is 40.7 Å². The molecule has 6 nitrogen and oxygen atoms in total. The molecule has 2 bridgehead atoms. The minimum atomic E-state index is -0.962. The van der Waals surface area contributed by atoms with Gasteiger partial charge >= 0.3 is 5.97 Å². The number of ether oxygens (including phenoxy) is 1. The highest BCUT2D eigenvalue weighted by molar-refractivity contribution is 8.00. The molecule has 0 saturated heterocycles. The molecule has 3 fully saturated rings. The lowest BCUT2D eigenvalue weighted by molar-refractivity contribution is -0.185. The molecule has 3 saturated carbocycles. The second-order valence-corrected chi connectivity index (χ2v) is 13.8. The molecule has 0 aliphatic heterocycles. The number of Topliss-reactive ketones (excluding diaryl/α,β-unsaturated/α-hetero) is 1. The van der Waals surface area contributed by atoms with Crippen LogP contribution in [-0.2, 0) is 14.3 Å². The summed E-state index contributed by atoms with van der Waals surface area (Å²) in [6.45, 7) is 12.2. The van der Waals surface area contributed by atoms with E-state index in [-0.39, 0.29) is 40.3 Å². The molecular formula is C34H40FNO5S. The first-order valence-corrected chi connectivity index (χ1v) is 15.7. The van der Waals surface area contributed by atoms with Gasteiger partial charge in [0.15, 0.2) is 0 Å². The van der Waals surface area contributed by atoms with Crippen LogP contribution in [0.5, 0.6) is 0 Å². The maximum absolute atomic E-state index is 14.2. The molecular weight excluding hydrogens is 553 g/mol. The van der Waals surface area contributed by atoms with E-state index in [1.165, 1.54) is 30.0 Å². The fraction of sp³-hybridized carbons (Fsp3) is 0.500. The largest absolute Gasteiger partial charge is 0.460 e. The average molecular weight is 594 g/mol. The number of rotatable bonds is 7. The third kappa shape index (κ3) is 4.71. The summed E-state index contributed by atoms with van der Waals surface area (Å²) in [4.78, 5) is 40.5. The number of thioether (sulfide) groups is 1. The molecule has 224 valence electrons. The van der Waals surface area contributed by atoms with Crippen LogP contribution in [0.15, 0.2) is 66.1 Å². The van der Waals surface area contributed by atoms with Crippen molar-refractivity contribution in [2.24, 2.45) is 34.0 Å². The van der Waals surface area contributed by atoms with E-state index in [9.17, 15) is 23.9 Å². The van der Waals surface area contributed by atoms with Crippen molar-refractivity contribution in [1.29, 1.82) is 0 Å². The molecule has 0 aromatic heterocycles. The van der Waals surface area contributed by atoms with Gasteiger partial charge < -0.3 is 15.2 Å². The van der Waals surface area contributed by atoms with Crippen LogP contribution in [0, 0.1) is 39.8 Å². The summed E-state index contributed by atoms with van der Waals surface area (Å²) >= 11 is 1.20. The average Bonchev–Trinajstić information content (AvgIpc) is 3.33. The van der Waals surface area contributed by atoms with Crippen molar-refractivity contribution in [3.05, 3.63) is 72.6 Å². The van der Waals surface area contributed by atoms with Crippen LogP contribution in [0.25, 0.3) is 0 Å². The van der Waals surface area contributed by atoms with Gasteiger partial charge in [0.25, 0.3) is 5.91 Å². The van der Waals surface area contributed by atoms with Crippen molar-refractivity contribution >= 4 is 35.1 Å². The zero-order chi connectivity index (χ0) is 30.4. The standard InChI is InChI=1S/C34H40FNO5S/c1-6-32(4)29(39)21(3)34-17-15-20(2)33(5,28(34)25(37)16-18-34)31(32)41-27(38)19-42-26-14-10-9-13-24(26)36-30(40)22-11-7-8-12-23(22)35/h6-14,20-21,28-29,31,39H,1,15-19H2,2-5H3,(H,36,40)/t20?,21?,28?,29-,31?,32?,33?,34-/m0/s1. The van der Waals surface area contributed by atoms with Gasteiger partial charge in [-0.3, -0.25) is 14.4 Å². The van der Waals surface area contributed by atoms with Crippen molar-refractivity contribution in [2.75, 3.05) is 11.1 Å². The highest BCUT2D eigenvalue weighted by atomic mass is 32.2. The molecule has 3 aliphatic carbocycles. The van der Waals surface area contributed by atoms with Crippen molar-refractivity contribution in [3.63, 3.8) is 0 Å². The smallest absolute Gasteiger partial charge is 0.316 e. The topological polar surface area (TPSA) is 92.7 Å². The van der Waals surface area contributed by atoms with Crippen molar-refractivity contribution in [3.8, 4) is 0 Å². The van der Waals surface area contributed by atoms with E-state index in [4.69, 9.17) is 4.74 Å². The number of ketones is 1. The Morgan fingerprint density at radius 2 is 1.83 bits per heavy atom. The number of carbonyl (C=O) groups excluding carboxylic acids is 3. The van der Waals surface area contributed by atoms with E-state index in [0.717, 1.165) is 19.3 Å². The van der Waals surface area contributed by atoms with Gasteiger partial charge in [0.1, 0.15) is 17.7 Å². The Morgan fingerprint density at radius 1 is 1.14 bits per heavy atom. The third-order valence-electron chi connectivity index (χ3n) is 10.9. The maximum atomic E-state index is 14.2. The summed E-state index contributed by atoms with van der Waals surface area (Å²) in [6.07, 6.45) is 3.11. The molecule has 0 heterocycles. The van der Waals surface area contributed by atoms with Crippen LogP contribution >= 0.6 is 11.8 Å². The number of benzene rings is 2. The Morgan fingerprint density at radius 3 is 2.55 bits per heavy atom. The second kappa shape index (κ2) is 11.3. The van der Waals surface area contributed by atoms with Crippen molar-refractivity contribution in [1.82, 2.24) is 0 Å². The van der Waals surface area contributed by atoms with E-state index >= 15 is 0 Å². The first kappa shape index (κ1) is 30.5. The number of aliphatic hydroxyl groups excluding tert-OH is 1. The van der Waals surface area contributed by atoms with E-state index < -0.39 is 40.7 Å². The number of amides is 1. The van der Waals surface area contributed by atoms with Gasteiger partial charge in [-0.15, -0.1) is 18.3 Å². The summed E-state index contributed by atoms with van der Waals surface area (Å²) < 4.78 is 20.5.